The van der Waals surface area contributed by atoms with Gasteiger partial charge in [-0.1, -0.05) is 12.1 Å². The first-order chi connectivity index (χ1) is 8.16. The summed E-state index contributed by atoms with van der Waals surface area (Å²) >= 11 is 1.90. The lowest BCUT2D eigenvalue weighted by Gasteiger charge is -2.33. The van der Waals surface area contributed by atoms with Gasteiger partial charge in [0.2, 0.25) is 5.91 Å². The Morgan fingerprint density at radius 3 is 3.12 bits per heavy atom. The number of benzene rings is 1. The molecule has 1 amide bonds. The molecule has 0 radical (unpaired) electrons. The Labute approximate surface area is 106 Å². The molecule has 1 unspecified atom stereocenters. The molecule has 1 fully saturated rings. The number of amides is 1. The van der Waals surface area contributed by atoms with E-state index >= 15 is 0 Å². The SMILES string of the molecule is CC1CSCCN1C(=O)Cc1cccc(O)c1. The van der Waals surface area contributed by atoms with E-state index in [1.54, 1.807) is 18.2 Å². The van der Waals surface area contributed by atoms with Crippen LogP contribution >= 0.6 is 11.8 Å². The maximum absolute atomic E-state index is 12.1. The van der Waals surface area contributed by atoms with E-state index in [1.165, 1.54) is 0 Å². The van der Waals surface area contributed by atoms with Gasteiger partial charge in [0.15, 0.2) is 0 Å². The van der Waals surface area contributed by atoms with E-state index < -0.39 is 0 Å². The topological polar surface area (TPSA) is 40.5 Å². The van der Waals surface area contributed by atoms with Gasteiger partial charge in [0.1, 0.15) is 5.75 Å². The van der Waals surface area contributed by atoms with Crippen LogP contribution in [0.3, 0.4) is 0 Å². The Bertz CT molecular complexity index is 408. The minimum Gasteiger partial charge on any atom is -0.508 e. The molecule has 4 heteroatoms. The van der Waals surface area contributed by atoms with Crippen molar-refractivity contribution < 1.29 is 9.90 Å². The number of nitrogens with zero attached hydrogens (tertiary/aromatic N) is 1. The predicted molar refractivity (Wildman–Crippen MR) is 70.3 cm³/mol. The zero-order valence-electron chi connectivity index (χ0n) is 9.93. The third-order valence-corrected chi connectivity index (χ3v) is 4.14. The van der Waals surface area contributed by atoms with Gasteiger partial charge in [-0.2, -0.15) is 11.8 Å². The molecule has 17 heavy (non-hydrogen) atoms. The molecule has 1 aromatic rings. The van der Waals surface area contributed by atoms with Crippen LogP contribution in [0.1, 0.15) is 12.5 Å². The second-order valence-electron chi connectivity index (χ2n) is 4.36. The van der Waals surface area contributed by atoms with Gasteiger partial charge in [-0.3, -0.25) is 4.79 Å². The summed E-state index contributed by atoms with van der Waals surface area (Å²) in [5, 5.41) is 9.36. The Balaban J connectivity index is 2.01. The van der Waals surface area contributed by atoms with Crippen LogP contribution in [0, 0.1) is 0 Å². The molecular weight excluding hydrogens is 234 g/mol. The molecule has 1 saturated heterocycles. The molecule has 92 valence electrons. The summed E-state index contributed by atoms with van der Waals surface area (Å²) in [6, 6.07) is 7.24. The Morgan fingerprint density at radius 1 is 1.59 bits per heavy atom. The van der Waals surface area contributed by atoms with Gasteiger partial charge in [0.05, 0.1) is 6.42 Å². The van der Waals surface area contributed by atoms with Crippen LogP contribution in [0.15, 0.2) is 24.3 Å². The molecule has 1 aromatic carbocycles. The molecule has 0 bridgehead atoms. The fourth-order valence-corrected chi connectivity index (χ4v) is 3.05. The highest BCUT2D eigenvalue weighted by Gasteiger charge is 2.23. The molecule has 1 N–H and O–H groups in total. The van der Waals surface area contributed by atoms with E-state index in [0.717, 1.165) is 23.6 Å². The van der Waals surface area contributed by atoms with Gasteiger partial charge in [-0.25, -0.2) is 0 Å². The van der Waals surface area contributed by atoms with Crippen molar-refractivity contribution in [1.29, 1.82) is 0 Å². The average Bonchev–Trinajstić information content (AvgIpc) is 2.29. The number of carbonyl (C=O) groups excluding carboxylic acids is 1. The Hall–Kier alpha value is -1.16. The van der Waals surface area contributed by atoms with Crippen LogP contribution in [-0.2, 0) is 11.2 Å². The van der Waals surface area contributed by atoms with Gasteiger partial charge < -0.3 is 10.0 Å². The molecule has 1 aliphatic rings. The van der Waals surface area contributed by atoms with Gasteiger partial charge in [0, 0.05) is 24.1 Å². The van der Waals surface area contributed by atoms with Gasteiger partial charge in [-0.05, 0) is 24.6 Å². The van der Waals surface area contributed by atoms with Crippen LogP contribution in [-0.4, -0.2) is 40.0 Å². The van der Waals surface area contributed by atoms with E-state index in [1.807, 2.05) is 22.7 Å². The maximum Gasteiger partial charge on any atom is 0.227 e. The summed E-state index contributed by atoms with van der Waals surface area (Å²) in [5.74, 6) is 2.42. The molecular formula is C13H17NO2S. The van der Waals surface area contributed by atoms with Gasteiger partial charge >= 0.3 is 0 Å². The van der Waals surface area contributed by atoms with Crippen molar-refractivity contribution in [2.45, 2.75) is 19.4 Å². The summed E-state index contributed by atoms with van der Waals surface area (Å²) < 4.78 is 0. The third-order valence-electron chi connectivity index (χ3n) is 2.95. The van der Waals surface area contributed by atoms with E-state index in [9.17, 15) is 9.90 Å². The molecule has 0 saturated carbocycles. The van der Waals surface area contributed by atoms with E-state index in [2.05, 4.69) is 6.92 Å². The minimum atomic E-state index is 0.156. The smallest absolute Gasteiger partial charge is 0.227 e. The van der Waals surface area contributed by atoms with E-state index in [4.69, 9.17) is 0 Å². The summed E-state index contributed by atoms with van der Waals surface area (Å²) in [6.45, 7) is 2.93. The fraction of sp³-hybridized carbons (Fsp3) is 0.462. The third kappa shape index (κ3) is 3.16. The highest BCUT2D eigenvalue weighted by atomic mass is 32.2. The van der Waals surface area contributed by atoms with Crippen LogP contribution in [0.5, 0.6) is 5.75 Å². The van der Waals surface area contributed by atoms with Crippen molar-refractivity contribution in [2.75, 3.05) is 18.1 Å². The second-order valence-corrected chi connectivity index (χ2v) is 5.51. The standard InChI is InChI=1S/C13H17NO2S/c1-10-9-17-6-5-14(10)13(16)8-11-3-2-4-12(15)7-11/h2-4,7,10,15H,5-6,8-9H2,1H3. The summed E-state index contributed by atoms with van der Waals surface area (Å²) in [7, 11) is 0. The van der Waals surface area contributed by atoms with Gasteiger partial charge in [-0.15, -0.1) is 0 Å². The van der Waals surface area contributed by atoms with Crippen LogP contribution < -0.4 is 0 Å². The average molecular weight is 251 g/mol. The summed E-state index contributed by atoms with van der Waals surface area (Å²) in [5.41, 5.74) is 0.875. The number of carbonyl (C=O) groups is 1. The van der Waals surface area contributed by atoms with E-state index in [0.29, 0.717) is 12.5 Å². The molecule has 3 nitrogen and oxygen atoms in total. The zero-order chi connectivity index (χ0) is 12.3. The first kappa shape index (κ1) is 12.3. The largest absolute Gasteiger partial charge is 0.508 e. The quantitative estimate of drug-likeness (QED) is 0.872. The Kier molecular flexibility index (Phi) is 3.94. The zero-order valence-corrected chi connectivity index (χ0v) is 10.7. The number of thioether (sulfide) groups is 1. The molecule has 1 atom stereocenters. The van der Waals surface area contributed by atoms with Gasteiger partial charge in [0.25, 0.3) is 0 Å². The van der Waals surface area contributed by atoms with Crippen molar-refractivity contribution in [3.63, 3.8) is 0 Å². The summed E-state index contributed by atoms with van der Waals surface area (Å²) in [6.07, 6.45) is 0.378. The number of rotatable bonds is 2. The highest BCUT2D eigenvalue weighted by molar-refractivity contribution is 7.99. The number of phenols is 1. The Morgan fingerprint density at radius 2 is 2.41 bits per heavy atom. The fourth-order valence-electron chi connectivity index (χ4n) is 2.04. The van der Waals surface area contributed by atoms with Crippen molar-refractivity contribution in [3.05, 3.63) is 29.8 Å². The molecule has 0 aromatic heterocycles. The highest BCUT2D eigenvalue weighted by Crippen LogP contribution is 2.18. The lowest BCUT2D eigenvalue weighted by atomic mass is 10.1. The van der Waals surface area contributed by atoms with Crippen molar-refractivity contribution in [1.82, 2.24) is 4.90 Å². The van der Waals surface area contributed by atoms with Crippen LogP contribution in [0.4, 0.5) is 0 Å². The number of aromatic hydroxyl groups is 1. The van der Waals surface area contributed by atoms with Crippen LogP contribution in [0.25, 0.3) is 0 Å². The van der Waals surface area contributed by atoms with Crippen molar-refractivity contribution in [2.24, 2.45) is 0 Å². The first-order valence-corrected chi connectivity index (χ1v) is 6.97. The maximum atomic E-state index is 12.1. The first-order valence-electron chi connectivity index (χ1n) is 5.82. The molecule has 1 heterocycles. The minimum absolute atomic E-state index is 0.156. The predicted octanol–water partition coefficient (Wildman–Crippen LogP) is 1.90. The molecule has 1 aliphatic heterocycles. The normalized spacial score (nSPS) is 20.3. The monoisotopic (exact) mass is 251 g/mol. The second kappa shape index (κ2) is 5.45. The van der Waals surface area contributed by atoms with E-state index in [-0.39, 0.29) is 11.7 Å². The molecule has 0 spiro atoms. The number of phenolic OH excluding ortho intramolecular Hbond substituents is 1. The summed E-state index contributed by atoms with van der Waals surface area (Å²) in [4.78, 5) is 14.1. The van der Waals surface area contributed by atoms with Crippen molar-refractivity contribution in [3.8, 4) is 5.75 Å². The number of hydrogen-bond acceptors (Lipinski definition) is 3. The lowest BCUT2D eigenvalue weighted by molar-refractivity contribution is -0.131. The number of hydrogen-bond donors (Lipinski definition) is 1. The molecule has 0 aliphatic carbocycles. The van der Waals surface area contributed by atoms with Crippen molar-refractivity contribution >= 4 is 17.7 Å². The molecule has 2 rings (SSSR count). The van der Waals surface area contributed by atoms with Crippen LogP contribution in [0.2, 0.25) is 0 Å². The lowest BCUT2D eigenvalue weighted by Crippen LogP contribution is -2.45.